The number of nitrogens with one attached hydrogen (secondary N) is 1. The Labute approximate surface area is 231 Å². The van der Waals surface area contributed by atoms with Crippen LogP contribution in [0.15, 0.2) is 28.7 Å². The first kappa shape index (κ1) is 29.1. The monoisotopic (exact) mass is 557 g/mol. The first-order chi connectivity index (χ1) is 18.5. The number of primary amides is 1. The third kappa shape index (κ3) is 4.71. The van der Waals surface area contributed by atoms with Crippen LogP contribution >= 0.6 is 0 Å². The first-order valence-corrected chi connectivity index (χ1v) is 12.9. The summed E-state index contributed by atoms with van der Waals surface area (Å²) < 4.78 is 5.28. The summed E-state index contributed by atoms with van der Waals surface area (Å²) in [6.07, 6.45) is -0.0414. The van der Waals surface area contributed by atoms with E-state index in [-0.39, 0.29) is 49.2 Å². The van der Waals surface area contributed by atoms with Gasteiger partial charge in [-0.25, -0.2) is 0 Å². The van der Waals surface area contributed by atoms with Gasteiger partial charge in [-0.05, 0) is 51.2 Å². The van der Waals surface area contributed by atoms with Gasteiger partial charge in [0.2, 0.25) is 5.78 Å². The number of carbonyl (C=O) groups excluding carboxylic acids is 4. The van der Waals surface area contributed by atoms with E-state index in [0.29, 0.717) is 16.8 Å². The summed E-state index contributed by atoms with van der Waals surface area (Å²) in [5.74, 6) is -7.25. The van der Waals surface area contributed by atoms with Crippen LogP contribution in [0.1, 0.15) is 55.1 Å². The number of phenols is 1. The lowest BCUT2D eigenvalue weighted by molar-refractivity contribution is -0.153. The molecule has 0 aliphatic heterocycles. The Morgan fingerprint density at radius 1 is 1.18 bits per heavy atom. The predicted molar refractivity (Wildman–Crippen MR) is 143 cm³/mol. The van der Waals surface area contributed by atoms with E-state index in [1.165, 1.54) is 0 Å². The zero-order valence-corrected chi connectivity index (χ0v) is 23.1. The van der Waals surface area contributed by atoms with Crippen LogP contribution in [0.25, 0.3) is 0 Å². The third-order valence-electron chi connectivity index (χ3n) is 7.60. The van der Waals surface area contributed by atoms with E-state index in [2.05, 4.69) is 5.32 Å². The number of amides is 1. The molecule has 4 rings (SSSR count). The highest BCUT2D eigenvalue weighted by Gasteiger charge is 2.59. The number of benzene rings is 1. The highest BCUT2D eigenvalue weighted by Crippen LogP contribution is 2.52. The van der Waals surface area contributed by atoms with Crippen molar-refractivity contribution in [1.29, 1.82) is 0 Å². The topological polar surface area (TPSA) is 200 Å². The molecule has 0 fully saturated rings. The zero-order valence-electron chi connectivity index (χ0n) is 23.1. The van der Waals surface area contributed by atoms with Crippen molar-refractivity contribution in [2.75, 3.05) is 25.5 Å². The number of phenolic OH excluding ortho intramolecular Hbond substituents is 1. The van der Waals surface area contributed by atoms with Gasteiger partial charge in [0.25, 0.3) is 5.91 Å². The molecule has 1 aromatic rings. The number of hydrogen-bond acceptors (Lipinski definition) is 11. The van der Waals surface area contributed by atoms with Crippen molar-refractivity contribution in [3.05, 3.63) is 45.4 Å². The molecule has 3 aliphatic carbocycles. The van der Waals surface area contributed by atoms with Crippen LogP contribution in [-0.4, -0.2) is 75.7 Å². The molecule has 216 valence electrons. The average molecular weight is 558 g/mol. The van der Waals surface area contributed by atoms with Crippen molar-refractivity contribution in [3.8, 4) is 5.75 Å². The van der Waals surface area contributed by atoms with Crippen LogP contribution < -0.4 is 16.0 Å². The van der Waals surface area contributed by atoms with Crippen LogP contribution in [0.4, 0.5) is 5.69 Å². The SMILES string of the molecule is CN(C)c1cc(CNCC(=O)OC(C)(C)C)c(O)c2c1C[C@H]1C[C@H]3CC(O)=C(C(N)=O)C(=O)[C@@]3(O)C(O)=C1C2=O. The minimum atomic E-state index is -2.62. The fourth-order valence-corrected chi connectivity index (χ4v) is 5.93. The molecule has 7 N–H and O–H groups in total. The summed E-state index contributed by atoms with van der Waals surface area (Å²) in [4.78, 5) is 52.7. The minimum absolute atomic E-state index is 0.0114. The maximum Gasteiger partial charge on any atom is 0.320 e. The Morgan fingerprint density at radius 3 is 2.40 bits per heavy atom. The molecule has 12 nitrogen and oxygen atoms in total. The molecule has 0 heterocycles. The second-order valence-corrected chi connectivity index (χ2v) is 11.8. The molecule has 0 unspecified atom stereocenters. The molecule has 0 bridgehead atoms. The Bertz CT molecular complexity index is 1390. The molecule has 0 spiro atoms. The van der Waals surface area contributed by atoms with Gasteiger partial charge < -0.3 is 41.1 Å². The second kappa shape index (κ2) is 9.93. The molecule has 12 heteroatoms. The van der Waals surface area contributed by atoms with E-state index in [1.807, 2.05) is 0 Å². The van der Waals surface area contributed by atoms with Crippen LogP contribution in [0.2, 0.25) is 0 Å². The molecule has 1 amide bonds. The maximum atomic E-state index is 13.9. The highest BCUT2D eigenvalue weighted by atomic mass is 16.6. The lowest BCUT2D eigenvalue weighted by Gasteiger charge is -2.46. The van der Waals surface area contributed by atoms with E-state index in [1.54, 1.807) is 45.8 Å². The van der Waals surface area contributed by atoms with Gasteiger partial charge in [-0.1, -0.05) is 0 Å². The van der Waals surface area contributed by atoms with Gasteiger partial charge in [-0.15, -0.1) is 0 Å². The first-order valence-electron chi connectivity index (χ1n) is 12.9. The van der Waals surface area contributed by atoms with Crippen molar-refractivity contribution in [3.63, 3.8) is 0 Å². The molecule has 3 aliphatic rings. The zero-order chi connectivity index (χ0) is 29.9. The Kier molecular flexibility index (Phi) is 7.22. The molecule has 0 radical (unpaired) electrons. The number of anilines is 1. The number of carbonyl (C=O) groups is 4. The number of ketones is 2. The quantitative estimate of drug-likeness (QED) is 0.216. The largest absolute Gasteiger partial charge is 0.511 e. The van der Waals surface area contributed by atoms with E-state index in [4.69, 9.17) is 10.5 Å². The van der Waals surface area contributed by atoms with Crippen LogP contribution in [-0.2, 0) is 32.1 Å². The number of aromatic hydroxyl groups is 1. The van der Waals surface area contributed by atoms with Gasteiger partial charge in [0.15, 0.2) is 11.4 Å². The molecule has 3 atom stereocenters. The predicted octanol–water partition coefficient (Wildman–Crippen LogP) is 1.08. The smallest absolute Gasteiger partial charge is 0.320 e. The molecule has 40 heavy (non-hydrogen) atoms. The second-order valence-electron chi connectivity index (χ2n) is 11.8. The van der Waals surface area contributed by atoms with Crippen LogP contribution in [0.3, 0.4) is 0 Å². The molecule has 0 aromatic heterocycles. The number of Topliss-reactive ketones (excluding diaryl/α,β-unsaturated/α-hetero) is 2. The minimum Gasteiger partial charge on any atom is -0.511 e. The number of esters is 1. The van der Waals surface area contributed by atoms with E-state index >= 15 is 0 Å². The number of hydrogen-bond donors (Lipinski definition) is 6. The van der Waals surface area contributed by atoms with Gasteiger partial charge in [0, 0.05) is 49.8 Å². The molecule has 0 saturated heterocycles. The number of fused-ring (bicyclic) bond motifs is 3. The fourth-order valence-electron chi connectivity index (χ4n) is 5.93. The van der Waals surface area contributed by atoms with Gasteiger partial charge >= 0.3 is 5.97 Å². The fraction of sp³-hybridized carbons (Fsp3) is 0.500. The standard InChI is InChI=1S/C28H35N3O9/c1-27(2,3)40-18(33)11-30-10-13-8-16(31(4)5)15-7-12-6-14-9-17(32)21(26(29)38)25(37)28(14,39)24(36)19(12)23(35)20(15)22(13)34/h8,12,14,30,32,34,36,39H,6-7,9-11H2,1-5H3,(H2,29,38)/t12-,14+,28+/m1/s1. The Hall–Kier alpha value is -3.90. The van der Waals surface area contributed by atoms with E-state index < -0.39 is 63.6 Å². The number of nitrogens with two attached hydrogens (primary N) is 1. The van der Waals surface area contributed by atoms with Crippen LogP contribution in [0, 0.1) is 11.8 Å². The molecular weight excluding hydrogens is 522 g/mol. The third-order valence-corrected chi connectivity index (χ3v) is 7.60. The number of rotatable bonds is 6. The van der Waals surface area contributed by atoms with Crippen molar-refractivity contribution < 1.29 is 44.3 Å². The van der Waals surface area contributed by atoms with Crippen molar-refractivity contribution >= 4 is 29.1 Å². The number of aliphatic hydroxyl groups is 3. The van der Waals surface area contributed by atoms with Gasteiger partial charge in [0.05, 0.1) is 12.1 Å². The number of aliphatic hydroxyl groups excluding tert-OH is 2. The van der Waals surface area contributed by atoms with Gasteiger partial charge in [-0.2, -0.15) is 0 Å². The lowest BCUT2D eigenvalue weighted by atomic mass is 9.60. The normalized spacial score (nSPS) is 24.4. The Balaban J connectivity index is 1.75. The van der Waals surface area contributed by atoms with Crippen molar-refractivity contribution in [2.45, 2.75) is 57.8 Å². The van der Waals surface area contributed by atoms with E-state index in [9.17, 15) is 39.6 Å². The average Bonchev–Trinajstić information content (AvgIpc) is 2.81. The molecular formula is C28H35N3O9. The summed E-state index contributed by atoms with van der Waals surface area (Å²) in [6, 6.07) is 1.70. The molecule has 1 aromatic carbocycles. The summed E-state index contributed by atoms with van der Waals surface area (Å²) in [6.45, 7) is 5.09. The Morgan fingerprint density at radius 2 is 1.82 bits per heavy atom. The van der Waals surface area contributed by atoms with E-state index in [0.717, 1.165) is 0 Å². The summed E-state index contributed by atoms with van der Waals surface area (Å²) in [5.41, 5.74) is 2.28. The number of nitrogens with zero attached hydrogens (tertiary/aromatic N) is 1. The van der Waals surface area contributed by atoms with Gasteiger partial charge in [-0.3, -0.25) is 19.2 Å². The van der Waals surface area contributed by atoms with Crippen LogP contribution in [0.5, 0.6) is 5.75 Å². The number of allylic oxidation sites excluding steroid dienone is 2. The lowest BCUT2D eigenvalue weighted by Crippen LogP contribution is -2.57. The summed E-state index contributed by atoms with van der Waals surface area (Å²) in [7, 11) is 3.54. The number of ether oxygens (including phenoxy) is 1. The molecule has 0 saturated carbocycles. The maximum absolute atomic E-state index is 13.9. The van der Waals surface area contributed by atoms with Gasteiger partial charge in [0.1, 0.15) is 28.4 Å². The highest BCUT2D eigenvalue weighted by molar-refractivity contribution is 6.24. The van der Waals surface area contributed by atoms with Crippen molar-refractivity contribution in [2.24, 2.45) is 17.6 Å². The summed E-state index contributed by atoms with van der Waals surface area (Å²) >= 11 is 0. The summed E-state index contributed by atoms with van der Waals surface area (Å²) in [5, 5.41) is 47.0. The van der Waals surface area contributed by atoms with Crippen molar-refractivity contribution in [1.82, 2.24) is 5.32 Å².